The van der Waals surface area contributed by atoms with Gasteiger partial charge in [0.25, 0.3) is 0 Å². The van der Waals surface area contributed by atoms with Crippen LogP contribution in [0, 0.1) is 0 Å². The molecule has 3 aromatic carbocycles. The lowest BCUT2D eigenvalue weighted by Crippen LogP contribution is -2.60. The molecule has 0 fully saturated rings. The summed E-state index contributed by atoms with van der Waals surface area (Å²) >= 11 is 0. The number of primary amides is 1. The maximum Gasteiger partial charge on any atom is 0.243 e. The minimum Gasteiger partial charge on any atom is -0.368 e. The second-order valence-electron chi connectivity index (χ2n) is 13.5. The van der Waals surface area contributed by atoms with E-state index in [1.54, 1.807) is 0 Å². The highest BCUT2D eigenvalue weighted by Gasteiger charge is 2.33. The van der Waals surface area contributed by atoms with Crippen molar-refractivity contribution in [3.63, 3.8) is 0 Å². The highest BCUT2D eigenvalue weighted by atomic mass is 16.2. The SMILES string of the molecule is CC(C)(N)C(=O)N[C@@H](Cc1cnc[nH]1)C(=O)N[C@H](Cc1ccc2ccccc2c1)C(=O)NC(Cc1ccccc1)C(=O)N[C@@H](CCCCN)C(N)=O. The molecule has 11 N–H and O–H groups in total. The summed E-state index contributed by atoms with van der Waals surface area (Å²) in [5, 5.41) is 13.0. The Kier molecular flexibility index (Phi) is 14.0. The number of benzene rings is 3. The second-order valence-corrected chi connectivity index (χ2v) is 13.5. The van der Waals surface area contributed by atoms with Crippen LogP contribution in [0.2, 0.25) is 0 Å². The van der Waals surface area contributed by atoms with E-state index in [9.17, 15) is 24.0 Å². The van der Waals surface area contributed by atoms with Gasteiger partial charge >= 0.3 is 0 Å². The quantitative estimate of drug-likeness (QED) is 0.0648. The van der Waals surface area contributed by atoms with Gasteiger partial charge in [-0.05, 0) is 61.6 Å². The van der Waals surface area contributed by atoms with Crippen LogP contribution in [-0.4, -0.2) is 75.8 Å². The van der Waals surface area contributed by atoms with E-state index in [1.807, 2.05) is 72.8 Å². The van der Waals surface area contributed by atoms with Crippen LogP contribution in [0.1, 0.15) is 49.9 Å². The van der Waals surface area contributed by atoms with E-state index in [-0.39, 0.29) is 25.7 Å². The standard InChI is InChI=1S/C38H49N9O5/c1-38(2,41)37(52)47-32(21-28-22-42-23-43-28)36(51)46-31(20-25-15-16-26-12-6-7-13-27(26)18-25)35(50)45-30(19-24-10-4-3-5-11-24)34(49)44-29(33(40)48)14-8-9-17-39/h3-7,10-13,15-16,18,22-23,29-32H,8-9,14,17,19-21,39,41H2,1-2H3,(H2,40,48)(H,42,43)(H,44,49)(H,45,50)(H,46,51)(H,47,52)/t29-,30?,31+,32-/m0/s1. The van der Waals surface area contributed by atoms with Crippen molar-refractivity contribution >= 4 is 40.3 Å². The van der Waals surface area contributed by atoms with Crippen LogP contribution in [-0.2, 0) is 43.2 Å². The molecule has 276 valence electrons. The van der Waals surface area contributed by atoms with Crippen LogP contribution in [0.15, 0.2) is 85.3 Å². The van der Waals surface area contributed by atoms with E-state index in [1.165, 1.54) is 26.4 Å². The average molecular weight is 712 g/mol. The van der Waals surface area contributed by atoms with E-state index in [0.717, 1.165) is 21.9 Å². The van der Waals surface area contributed by atoms with Crippen molar-refractivity contribution in [3.8, 4) is 0 Å². The number of nitrogens with one attached hydrogen (secondary N) is 5. The Morgan fingerprint density at radius 1 is 0.712 bits per heavy atom. The zero-order valence-corrected chi connectivity index (χ0v) is 29.6. The highest BCUT2D eigenvalue weighted by molar-refractivity contribution is 5.96. The van der Waals surface area contributed by atoms with E-state index < -0.39 is 59.2 Å². The molecule has 1 aromatic heterocycles. The molecular formula is C38H49N9O5. The molecule has 0 saturated carbocycles. The number of nitrogens with two attached hydrogens (primary N) is 3. The number of nitrogens with zero attached hydrogens (tertiary/aromatic N) is 1. The predicted octanol–water partition coefficient (Wildman–Crippen LogP) is 0.882. The molecule has 4 rings (SSSR count). The smallest absolute Gasteiger partial charge is 0.243 e. The van der Waals surface area contributed by atoms with Crippen LogP contribution in [0.25, 0.3) is 10.8 Å². The van der Waals surface area contributed by atoms with Gasteiger partial charge in [-0.1, -0.05) is 72.8 Å². The Morgan fingerprint density at radius 3 is 1.87 bits per heavy atom. The van der Waals surface area contributed by atoms with Gasteiger partial charge < -0.3 is 43.5 Å². The lowest BCUT2D eigenvalue weighted by atomic mass is 9.99. The molecule has 0 spiro atoms. The first-order valence-corrected chi connectivity index (χ1v) is 17.3. The summed E-state index contributed by atoms with van der Waals surface area (Å²) in [6.45, 7) is 3.46. The number of hydrogen-bond acceptors (Lipinski definition) is 8. The molecule has 4 aromatic rings. The van der Waals surface area contributed by atoms with Crippen LogP contribution in [0.4, 0.5) is 0 Å². The van der Waals surface area contributed by atoms with Crippen molar-refractivity contribution in [1.29, 1.82) is 0 Å². The molecule has 14 heteroatoms. The maximum absolute atomic E-state index is 14.3. The minimum atomic E-state index is -1.29. The molecule has 1 heterocycles. The summed E-state index contributed by atoms with van der Waals surface area (Å²) in [6, 6.07) is 18.1. The molecule has 5 amide bonds. The molecular weight excluding hydrogens is 662 g/mol. The molecule has 0 bridgehead atoms. The van der Waals surface area contributed by atoms with E-state index in [4.69, 9.17) is 17.2 Å². The molecule has 0 aliphatic rings. The molecule has 4 atom stereocenters. The molecule has 0 radical (unpaired) electrons. The number of rotatable bonds is 19. The maximum atomic E-state index is 14.3. The van der Waals surface area contributed by atoms with Gasteiger partial charge in [-0.25, -0.2) is 4.98 Å². The van der Waals surface area contributed by atoms with Crippen molar-refractivity contribution in [3.05, 3.63) is 102 Å². The van der Waals surface area contributed by atoms with Gasteiger partial charge in [0.1, 0.15) is 24.2 Å². The molecule has 0 aliphatic carbocycles. The van der Waals surface area contributed by atoms with Crippen LogP contribution >= 0.6 is 0 Å². The highest BCUT2D eigenvalue weighted by Crippen LogP contribution is 2.17. The van der Waals surface area contributed by atoms with Gasteiger partial charge in [0, 0.05) is 31.2 Å². The average Bonchev–Trinajstić information content (AvgIpc) is 3.63. The predicted molar refractivity (Wildman–Crippen MR) is 198 cm³/mol. The lowest BCUT2D eigenvalue weighted by molar-refractivity contribution is -0.134. The first kappa shape index (κ1) is 39.2. The first-order valence-electron chi connectivity index (χ1n) is 17.3. The largest absolute Gasteiger partial charge is 0.368 e. The third-order valence-electron chi connectivity index (χ3n) is 8.60. The lowest BCUT2D eigenvalue weighted by Gasteiger charge is -2.27. The number of aromatic nitrogens is 2. The molecule has 14 nitrogen and oxygen atoms in total. The Labute approximate surface area is 303 Å². The Balaban J connectivity index is 1.65. The zero-order chi connectivity index (χ0) is 37.7. The second kappa shape index (κ2) is 18.6. The van der Waals surface area contributed by atoms with Gasteiger partial charge in [0.15, 0.2) is 0 Å². The number of unbranched alkanes of at least 4 members (excludes halogenated alkanes) is 1. The van der Waals surface area contributed by atoms with E-state index >= 15 is 0 Å². The molecule has 52 heavy (non-hydrogen) atoms. The number of H-pyrrole nitrogens is 1. The first-order chi connectivity index (χ1) is 24.8. The number of imidazole rings is 1. The number of fused-ring (bicyclic) bond motifs is 1. The number of amides is 5. The van der Waals surface area contributed by atoms with Gasteiger partial charge in [0.2, 0.25) is 29.5 Å². The fraction of sp³-hybridized carbons (Fsp3) is 0.368. The van der Waals surface area contributed by atoms with E-state index in [2.05, 4.69) is 31.2 Å². The fourth-order valence-corrected chi connectivity index (χ4v) is 5.63. The van der Waals surface area contributed by atoms with Crippen molar-refractivity contribution in [2.45, 2.75) is 82.1 Å². The number of carbonyl (C=O) groups excluding carboxylic acids is 5. The topological polar surface area (TPSA) is 240 Å². The monoisotopic (exact) mass is 711 g/mol. The number of carbonyl (C=O) groups is 5. The van der Waals surface area contributed by atoms with Gasteiger partial charge in [-0.15, -0.1) is 0 Å². The summed E-state index contributed by atoms with van der Waals surface area (Å²) in [6.07, 6.45) is 4.66. The molecule has 0 aliphatic heterocycles. The zero-order valence-electron chi connectivity index (χ0n) is 29.6. The normalized spacial score (nSPS) is 13.7. The summed E-state index contributed by atoms with van der Waals surface area (Å²) in [5.74, 6) is -3.19. The summed E-state index contributed by atoms with van der Waals surface area (Å²) < 4.78 is 0. The molecule has 0 saturated heterocycles. The Bertz CT molecular complexity index is 1810. The van der Waals surface area contributed by atoms with Crippen molar-refractivity contribution in [1.82, 2.24) is 31.2 Å². The number of hydrogen-bond donors (Lipinski definition) is 8. The van der Waals surface area contributed by atoms with Crippen molar-refractivity contribution in [2.75, 3.05) is 6.54 Å². The van der Waals surface area contributed by atoms with Crippen molar-refractivity contribution < 1.29 is 24.0 Å². The van der Waals surface area contributed by atoms with E-state index in [0.29, 0.717) is 25.1 Å². The van der Waals surface area contributed by atoms with Crippen molar-refractivity contribution in [2.24, 2.45) is 17.2 Å². The van der Waals surface area contributed by atoms with Crippen LogP contribution in [0.3, 0.4) is 0 Å². The fourth-order valence-electron chi connectivity index (χ4n) is 5.63. The summed E-state index contributed by atoms with van der Waals surface area (Å²) in [7, 11) is 0. The Hall–Kier alpha value is -5.60. The third-order valence-corrected chi connectivity index (χ3v) is 8.60. The Morgan fingerprint density at radius 2 is 1.29 bits per heavy atom. The third kappa shape index (κ3) is 11.7. The van der Waals surface area contributed by atoms with Gasteiger partial charge in [-0.2, -0.15) is 0 Å². The van der Waals surface area contributed by atoms with Crippen LogP contribution < -0.4 is 38.5 Å². The molecule has 1 unspecified atom stereocenters. The minimum absolute atomic E-state index is 0.0374. The number of aromatic amines is 1. The van der Waals surface area contributed by atoms with Gasteiger partial charge in [-0.3, -0.25) is 24.0 Å². The summed E-state index contributed by atoms with van der Waals surface area (Å²) in [5.41, 5.74) is 18.0. The van der Waals surface area contributed by atoms with Gasteiger partial charge in [0.05, 0.1) is 11.9 Å². The summed E-state index contributed by atoms with van der Waals surface area (Å²) in [4.78, 5) is 74.2. The van der Waals surface area contributed by atoms with Crippen LogP contribution in [0.5, 0.6) is 0 Å².